The van der Waals surface area contributed by atoms with E-state index in [4.69, 9.17) is 9.47 Å². The normalized spacial score (nSPS) is 10.4. The molecule has 0 aromatic heterocycles. The van der Waals surface area contributed by atoms with Gasteiger partial charge in [0.25, 0.3) is 0 Å². The minimum absolute atomic E-state index is 0.456. The first kappa shape index (κ1) is 23.5. The average Bonchev–Trinajstić information content (AvgIpc) is 2.87. The molecule has 0 spiro atoms. The van der Waals surface area contributed by atoms with Crippen molar-refractivity contribution in [3.05, 3.63) is 109 Å². The van der Waals surface area contributed by atoms with Crippen molar-refractivity contribution in [2.75, 3.05) is 0 Å². The maximum absolute atomic E-state index is 12.1. The molecule has 0 aliphatic heterocycles. The van der Waals surface area contributed by atoms with Gasteiger partial charge in [-0.05, 0) is 72.4 Å². The average molecular weight is 491 g/mol. The fourth-order valence-electron chi connectivity index (χ4n) is 2.75. The predicted molar refractivity (Wildman–Crippen MR) is 136 cm³/mol. The number of nitrogens with one attached hydrogen (secondary N) is 4. The van der Waals surface area contributed by atoms with E-state index in [0.717, 1.165) is 21.3 Å². The summed E-state index contributed by atoms with van der Waals surface area (Å²) >= 11 is 2.45. The largest absolute Gasteiger partial charge is 0.456 e. The Labute approximate surface area is 206 Å². The summed E-state index contributed by atoms with van der Waals surface area (Å²) in [5.41, 5.74) is 5.13. The van der Waals surface area contributed by atoms with Gasteiger partial charge in [-0.1, -0.05) is 60.7 Å². The molecule has 4 rings (SSSR count). The Morgan fingerprint density at radius 1 is 0.529 bits per heavy atom. The second-order valence-electron chi connectivity index (χ2n) is 6.71. The summed E-state index contributed by atoms with van der Waals surface area (Å²) in [6, 6.07) is 33.7. The van der Waals surface area contributed by atoms with Crippen LogP contribution >= 0.6 is 23.9 Å². The van der Waals surface area contributed by atoms with E-state index in [1.807, 2.05) is 109 Å². The molecule has 0 saturated heterocycles. The van der Waals surface area contributed by atoms with Crippen LogP contribution in [0.5, 0.6) is 23.0 Å². The number of hydrogen-bond acceptors (Lipinski definition) is 7. The lowest BCUT2D eigenvalue weighted by molar-refractivity contribution is 0.238. The number of para-hydroxylation sites is 4. The number of amides is 2. The van der Waals surface area contributed by atoms with Gasteiger partial charge in [0.2, 0.25) is 0 Å². The molecule has 0 bridgehead atoms. The third-order valence-corrected chi connectivity index (χ3v) is 5.81. The molecule has 4 aromatic rings. The predicted octanol–water partition coefficient (Wildman–Crippen LogP) is 6.29. The molecular formula is C25H22N4O3S2. The number of carbonyl (C=O) groups excluding carboxylic acids is 1. The Morgan fingerprint density at radius 2 is 0.912 bits per heavy atom. The Kier molecular flexibility index (Phi) is 8.70. The fraction of sp³-hybridized carbons (Fsp3) is 0. The van der Waals surface area contributed by atoms with Crippen molar-refractivity contribution in [3.8, 4) is 23.0 Å². The van der Waals surface area contributed by atoms with E-state index in [-0.39, 0.29) is 0 Å². The molecule has 7 nitrogen and oxygen atoms in total. The molecule has 0 saturated carbocycles. The summed E-state index contributed by atoms with van der Waals surface area (Å²) in [6.07, 6.45) is 0. The molecule has 4 N–H and O–H groups in total. The highest BCUT2D eigenvalue weighted by molar-refractivity contribution is 7.97. The van der Waals surface area contributed by atoms with E-state index >= 15 is 0 Å². The molecule has 0 aliphatic carbocycles. The van der Waals surface area contributed by atoms with Gasteiger partial charge in [-0.15, -0.1) is 0 Å². The molecule has 0 unspecified atom stereocenters. The highest BCUT2D eigenvalue weighted by Crippen LogP contribution is 2.31. The van der Waals surface area contributed by atoms with Crippen LogP contribution in [0.1, 0.15) is 0 Å². The zero-order valence-corrected chi connectivity index (χ0v) is 19.6. The van der Waals surface area contributed by atoms with Crippen LogP contribution < -0.4 is 30.0 Å². The van der Waals surface area contributed by atoms with Crippen LogP contribution in [0.4, 0.5) is 4.79 Å². The molecule has 0 heterocycles. The second kappa shape index (κ2) is 12.6. The van der Waals surface area contributed by atoms with Gasteiger partial charge in [0, 0.05) is 0 Å². The monoisotopic (exact) mass is 490 g/mol. The number of hydrazine groups is 2. The van der Waals surface area contributed by atoms with E-state index in [2.05, 4.69) is 20.5 Å². The van der Waals surface area contributed by atoms with Crippen molar-refractivity contribution in [2.24, 2.45) is 0 Å². The summed E-state index contributed by atoms with van der Waals surface area (Å²) in [5.74, 6) is 2.83. The molecule has 0 aliphatic rings. The van der Waals surface area contributed by atoms with Crippen LogP contribution in [0, 0.1) is 0 Å². The van der Waals surface area contributed by atoms with Crippen molar-refractivity contribution in [1.29, 1.82) is 0 Å². The Balaban J connectivity index is 1.23. The van der Waals surface area contributed by atoms with Crippen LogP contribution in [0.25, 0.3) is 0 Å². The fourth-order valence-corrected chi connectivity index (χ4v) is 3.97. The highest BCUT2D eigenvalue weighted by Gasteiger charge is 2.08. The summed E-state index contributed by atoms with van der Waals surface area (Å²) in [4.78, 5) is 19.4. The number of ether oxygens (including phenoxy) is 2. The van der Waals surface area contributed by atoms with Crippen LogP contribution in [0.2, 0.25) is 0 Å². The lowest BCUT2D eigenvalue weighted by Crippen LogP contribution is -2.45. The summed E-state index contributed by atoms with van der Waals surface area (Å²) in [6.45, 7) is 0. The minimum atomic E-state index is -0.456. The zero-order valence-electron chi connectivity index (χ0n) is 17.9. The molecule has 172 valence electrons. The van der Waals surface area contributed by atoms with E-state index in [1.54, 1.807) is 0 Å². The van der Waals surface area contributed by atoms with Crippen molar-refractivity contribution in [1.82, 2.24) is 20.5 Å². The number of benzene rings is 4. The van der Waals surface area contributed by atoms with Crippen LogP contribution in [-0.4, -0.2) is 6.03 Å². The summed E-state index contributed by atoms with van der Waals surface area (Å²) in [7, 11) is 0. The molecule has 0 fully saturated rings. The molecule has 4 aromatic carbocycles. The number of urea groups is 1. The van der Waals surface area contributed by atoms with Gasteiger partial charge in [-0.25, -0.2) is 4.79 Å². The summed E-state index contributed by atoms with van der Waals surface area (Å²) < 4.78 is 11.8. The van der Waals surface area contributed by atoms with E-state index in [1.165, 1.54) is 23.9 Å². The van der Waals surface area contributed by atoms with Gasteiger partial charge in [-0.3, -0.25) is 10.9 Å². The molecule has 9 heteroatoms. The van der Waals surface area contributed by atoms with E-state index < -0.39 is 6.03 Å². The van der Waals surface area contributed by atoms with Gasteiger partial charge in [0.1, 0.15) is 23.0 Å². The smallest absolute Gasteiger partial charge is 0.344 e. The first-order valence-electron chi connectivity index (χ1n) is 10.3. The number of carbonyl (C=O) groups is 1. The van der Waals surface area contributed by atoms with Crippen LogP contribution in [0.15, 0.2) is 119 Å². The SMILES string of the molecule is O=C(NNSc1ccccc1Oc1ccccc1)NNSc1ccccc1Oc1ccccc1. The third kappa shape index (κ3) is 7.19. The first-order valence-corrected chi connectivity index (χ1v) is 11.9. The van der Waals surface area contributed by atoms with E-state index in [9.17, 15) is 4.79 Å². The maximum Gasteiger partial charge on any atom is 0.344 e. The molecule has 0 radical (unpaired) electrons. The van der Waals surface area contributed by atoms with Crippen molar-refractivity contribution in [3.63, 3.8) is 0 Å². The van der Waals surface area contributed by atoms with Crippen molar-refractivity contribution in [2.45, 2.75) is 9.79 Å². The number of hydrogen-bond donors (Lipinski definition) is 4. The second-order valence-corrected chi connectivity index (χ2v) is 8.41. The Hall–Kier alpha value is -3.63. The van der Waals surface area contributed by atoms with Gasteiger partial charge >= 0.3 is 6.03 Å². The molecule has 2 amide bonds. The van der Waals surface area contributed by atoms with Crippen molar-refractivity contribution >= 4 is 29.9 Å². The van der Waals surface area contributed by atoms with Gasteiger partial charge in [0.05, 0.1) is 9.79 Å². The topological polar surface area (TPSA) is 83.7 Å². The lowest BCUT2D eigenvalue weighted by Gasteiger charge is -2.13. The zero-order chi connectivity index (χ0) is 23.4. The third-order valence-electron chi connectivity index (χ3n) is 4.29. The highest BCUT2D eigenvalue weighted by atomic mass is 32.2. The lowest BCUT2D eigenvalue weighted by atomic mass is 10.3. The van der Waals surface area contributed by atoms with Gasteiger partial charge in [0.15, 0.2) is 0 Å². The Bertz CT molecular complexity index is 1100. The molecule has 0 atom stereocenters. The maximum atomic E-state index is 12.1. The quantitative estimate of drug-likeness (QED) is 0.153. The van der Waals surface area contributed by atoms with Crippen molar-refractivity contribution < 1.29 is 14.3 Å². The standard InChI is InChI=1S/C25H22N4O3S2/c30-25(26-28-33-23-17-9-7-15-21(23)31-19-11-3-1-4-12-19)27-29-34-24-18-10-8-16-22(24)32-20-13-5-2-6-14-20/h1-18,28-29H,(H2,26,27,30). The van der Waals surface area contributed by atoms with Gasteiger partial charge in [-0.2, -0.15) is 9.66 Å². The molecule has 34 heavy (non-hydrogen) atoms. The van der Waals surface area contributed by atoms with E-state index in [0.29, 0.717) is 11.5 Å². The van der Waals surface area contributed by atoms with Gasteiger partial charge < -0.3 is 9.47 Å². The first-order chi connectivity index (χ1) is 16.8. The van der Waals surface area contributed by atoms with Crippen LogP contribution in [0.3, 0.4) is 0 Å². The van der Waals surface area contributed by atoms with Crippen LogP contribution in [-0.2, 0) is 0 Å². The Morgan fingerprint density at radius 3 is 1.35 bits per heavy atom. The minimum Gasteiger partial charge on any atom is -0.456 e. The number of rotatable bonds is 10. The summed E-state index contributed by atoms with van der Waals surface area (Å²) in [5, 5.41) is 0. The molecular weight excluding hydrogens is 468 g/mol.